The lowest BCUT2D eigenvalue weighted by Gasteiger charge is -2.27. The van der Waals surface area contributed by atoms with Crippen LogP contribution in [0.5, 0.6) is 5.75 Å². The first-order valence-corrected chi connectivity index (χ1v) is 13.9. The number of nitrogens with one attached hydrogen (secondary N) is 1. The van der Waals surface area contributed by atoms with E-state index >= 15 is 0 Å². The summed E-state index contributed by atoms with van der Waals surface area (Å²) < 4.78 is 32.0. The Morgan fingerprint density at radius 2 is 1.62 bits per heavy atom. The van der Waals surface area contributed by atoms with E-state index in [1.807, 2.05) is 13.8 Å². The van der Waals surface area contributed by atoms with Crippen molar-refractivity contribution in [2.24, 2.45) is 0 Å². The molecule has 12 heteroatoms. The van der Waals surface area contributed by atoms with Gasteiger partial charge in [-0.1, -0.05) is 33.6 Å². The number of nitrogens with zero attached hydrogens (tertiary/aromatic N) is 1. The fourth-order valence-electron chi connectivity index (χ4n) is 3.45. The summed E-state index contributed by atoms with van der Waals surface area (Å²) in [5.74, 6) is -1.97. The summed E-state index contributed by atoms with van der Waals surface area (Å²) in [6.45, 7) is 3.72. The van der Waals surface area contributed by atoms with Crippen molar-refractivity contribution in [3.63, 3.8) is 0 Å². The van der Waals surface area contributed by atoms with E-state index in [2.05, 4.69) is 37.2 Å². The zero-order valence-electron chi connectivity index (χ0n) is 19.2. The Morgan fingerprint density at radius 3 is 2.27 bits per heavy atom. The van der Waals surface area contributed by atoms with Gasteiger partial charge >= 0.3 is 16.1 Å². The summed E-state index contributed by atoms with van der Waals surface area (Å²) in [6.07, 6.45) is 1.17. The molecule has 0 aliphatic carbocycles. The molecule has 1 aliphatic rings. The minimum absolute atomic E-state index is 0.0895. The van der Waals surface area contributed by atoms with Crippen LogP contribution < -0.4 is 14.4 Å². The number of hydrogen-bond acceptors (Lipinski definition) is 6. The highest BCUT2D eigenvalue weighted by atomic mass is 79.9. The van der Waals surface area contributed by atoms with Crippen molar-refractivity contribution in [3.8, 4) is 5.75 Å². The minimum atomic E-state index is -4.31. The Labute approximate surface area is 234 Å². The van der Waals surface area contributed by atoms with Gasteiger partial charge in [0.25, 0.3) is 11.8 Å². The van der Waals surface area contributed by atoms with Gasteiger partial charge in [-0.05, 0) is 95.5 Å². The summed E-state index contributed by atoms with van der Waals surface area (Å²) >= 11 is 12.5. The predicted octanol–water partition coefficient (Wildman–Crippen LogP) is 5.92. The molecule has 3 aromatic rings. The molecule has 0 bridgehead atoms. The molecule has 0 unspecified atom stereocenters. The van der Waals surface area contributed by atoms with Crippen LogP contribution in [0.1, 0.15) is 16.7 Å². The van der Waals surface area contributed by atoms with E-state index in [1.165, 1.54) is 36.4 Å². The zero-order valence-corrected chi connectivity index (χ0v) is 24.0. The Morgan fingerprint density at radius 1 is 0.946 bits per heavy atom. The number of amides is 4. The average molecular weight is 669 g/mol. The first-order valence-electron chi connectivity index (χ1n) is 10.5. The first kappa shape index (κ1) is 27.1. The number of barbiturate groups is 1. The zero-order chi connectivity index (χ0) is 27.1. The smallest absolute Gasteiger partial charge is 0.339 e. The van der Waals surface area contributed by atoms with Crippen molar-refractivity contribution in [1.82, 2.24) is 5.32 Å². The molecule has 0 aromatic heterocycles. The molecule has 1 N–H and O–H groups in total. The Bertz CT molecular complexity index is 1600. The molecule has 1 fully saturated rings. The fourth-order valence-corrected chi connectivity index (χ4v) is 5.99. The number of imide groups is 2. The van der Waals surface area contributed by atoms with Crippen LogP contribution in [0.3, 0.4) is 0 Å². The van der Waals surface area contributed by atoms with Crippen molar-refractivity contribution in [2.75, 3.05) is 4.90 Å². The first-order chi connectivity index (χ1) is 17.4. The summed E-state index contributed by atoms with van der Waals surface area (Å²) in [5.41, 5.74) is 1.78. The number of carbonyl (C=O) groups is 3. The number of carbonyl (C=O) groups excluding carboxylic acids is 3. The molecule has 1 aliphatic heterocycles. The maximum absolute atomic E-state index is 13.3. The van der Waals surface area contributed by atoms with Crippen LogP contribution >= 0.6 is 43.5 Å². The Balaban J connectivity index is 1.79. The summed E-state index contributed by atoms with van der Waals surface area (Å²) in [7, 11) is -4.31. The SMILES string of the molecule is Cc1ccc(N2C(=O)NC(=O)/C(=C\c3cc(Br)cc(Br)c3OS(=O)(=O)c3ccc(Cl)cc3)C2=O)cc1C. The molecule has 37 heavy (non-hydrogen) atoms. The van der Waals surface area contributed by atoms with Crippen LogP contribution in [-0.4, -0.2) is 26.3 Å². The molecule has 1 heterocycles. The van der Waals surface area contributed by atoms with Crippen LogP contribution in [0.2, 0.25) is 5.02 Å². The molecule has 4 amide bonds. The normalized spacial score (nSPS) is 15.2. The van der Waals surface area contributed by atoms with Crippen molar-refractivity contribution >= 4 is 83.2 Å². The number of hydrogen-bond donors (Lipinski definition) is 1. The van der Waals surface area contributed by atoms with Crippen molar-refractivity contribution in [2.45, 2.75) is 18.7 Å². The van der Waals surface area contributed by atoms with Crippen LogP contribution in [0.25, 0.3) is 6.08 Å². The second kappa shape index (κ2) is 10.4. The highest BCUT2D eigenvalue weighted by Crippen LogP contribution is 2.37. The molecule has 0 radical (unpaired) electrons. The Hall–Kier alpha value is -2.99. The van der Waals surface area contributed by atoms with Gasteiger partial charge in [-0.2, -0.15) is 8.42 Å². The second-order valence-electron chi connectivity index (χ2n) is 8.02. The molecule has 190 valence electrons. The standard InChI is InChI=1S/C25H17Br2ClN2O6S/c1-13-3-6-18(9-14(13)2)30-24(32)20(23(31)29-25(30)33)11-15-10-16(26)12-21(27)22(15)36-37(34,35)19-7-4-17(28)5-8-19/h3-12H,1-2H3,(H,29,31,33)/b20-11+. The van der Waals surface area contributed by atoms with E-state index in [-0.39, 0.29) is 26.4 Å². The third kappa shape index (κ3) is 5.64. The second-order valence-corrected chi connectivity index (χ2v) is 11.8. The lowest BCUT2D eigenvalue weighted by atomic mass is 10.0. The van der Waals surface area contributed by atoms with Gasteiger partial charge in [0.05, 0.1) is 10.2 Å². The third-order valence-corrected chi connectivity index (χ3v) is 8.02. The van der Waals surface area contributed by atoms with Gasteiger partial charge in [0, 0.05) is 15.1 Å². The maximum atomic E-state index is 13.3. The number of anilines is 1. The Kier molecular flexibility index (Phi) is 7.61. The monoisotopic (exact) mass is 666 g/mol. The van der Waals surface area contributed by atoms with Crippen LogP contribution in [0.15, 0.2) is 74.0 Å². The van der Waals surface area contributed by atoms with Gasteiger partial charge < -0.3 is 4.18 Å². The summed E-state index contributed by atoms with van der Waals surface area (Å²) in [5, 5.41) is 2.50. The largest absolute Gasteiger partial charge is 0.377 e. The van der Waals surface area contributed by atoms with Crippen molar-refractivity contribution in [3.05, 3.63) is 90.8 Å². The van der Waals surface area contributed by atoms with E-state index in [4.69, 9.17) is 15.8 Å². The fraction of sp³-hybridized carbons (Fsp3) is 0.0800. The van der Waals surface area contributed by atoms with E-state index in [1.54, 1.807) is 24.3 Å². The number of urea groups is 1. The highest BCUT2D eigenvalue weighted by molar-refractivity contribution is 9.11. The van der Waals surface area contributed by atoms with Crippen LogP contribution in [-0.2, 0) is 19.7 Å². The van der Waals surface area contributed by atoms with Gasteiger partial charge in [-0.3, -0.25) is 14.9 Å². The van der Waals surface area contributed by atoms with E-state index in [0.29, 0.717) is 9.50 Å². The van der Waals surface area contributed by atoms with Gasteiger partial charge in [-0.25, -0.2) is 9.69 Å². The molecular weight excluding hydrogens is 652 g/mol. The van der Waals surface area contributed by atoms with Gasteiger partial charge in [0.1, 0.15) is 10.5 Å². The summed E-state index contributed by atoms with van der Waals surface area (Å²) in [4.78, 5) is 39.3. The van der Waals surface area contributed by atoms with Crippen molar-refractivity contribution in [1.29, 1.82) is 0 Å². The molecule has 0 atom stereocenters. The van der Waals surface area contributed by atoms with E-state index in [0.717, 1.165) is 16.0 Å². The minimum Gasteiger partial charge on any atom is -0.377 e. The lowest BCUT2D eigenvalue weighted by molar-refractivity contribution is -0.122. The third-order valence-electron chi connectivity index (χ3n) is 5.48. The van der Waals surface area contributed by atoms with Gasteiger partial charge in [0.2, 0.25) is 0 Å². The number of benzene rings is 3. The molecular formula is C25H17Br2ClN2O6S. The quantitative estimate of drug-likeness (QED) is 0.206. The van der Waals surface area contributed by atoms with Crippen LogP contribution in [0, 0.1) is 13.8 Å². The van der Waals surface area contributed by atoms with Gasteiger partial charge in [-0.15, -0.1) is 0 Å². The van der Waals surface area contributed by atoms with Crippen LogP contribution in [0.4, 0.5) is 10.5 Å². The average Bonchev–Trinajstić information content (AvgIpc) is 2.81. The van der Waals surface area contributed by atoms with Gasteiger partial charge in [0.15, 0.2) is 5.75 Å². The number of rotatable bonds is 5. The predicted molar refractivity (Wildman–Crippen MR) is 146 cm³/mol. The molecule has 1 saturated heterocycles. The van der Waals surface area contributed by atoms with E-state index < -0.39 is 33.5 Å². The maximum Gasteiger partial charge on any atom is 0.339 e. The number of aryl methyl sites for hydroxylation is 2. The van der Waals surface area contributed by atoms with Crippen molar-refractivity contribution < 1.29 is 27.0 Å². The van der Waals surface area contributed by atoms with E-state index in [9.17, 15) is 22.8 Å². The summed E-state index contributed by atoms with van der Waals surface area (Å²) in [6, 6.07) is 12.5. The highest BCUT2D eigenvalue weighted by Gasteiger charge is 2.37. The molecule has 3 aromatic carbocycles. The molecule has 0 saturated carbocycles. The number of halogens is 3. The lowest BCUT2D eigenvalue weighted by Crippen LogP contribution is -2.54. The molecule has 4 rings (SSSR count). The molecule has 8 nitrogen and oxygen atoms in total. The topological polar surface area (TPSA) is 110 Å². The molecule has 0 spiro atoms.